The van der Waals surface area contributed by atoms with E-state index >= 15 is 0 Å². The van der Waals surface area contributed by atoms with Gasteiger partial charge in [0.2, 0.25) is 0 Å². The molecule has 0 bridgehead atoms. The number of rotatable bonds is 7. The number of ether oxygens (including phenoxy) is 1. The molecule has 0 heterocycles. The molecule has 1 amide bonds. The Balaban J connectivity index is 1.71. The predicted octanol–water partition coefficient (Wildman–Crippen LogP) is 2.60. The Kier molecular flexibility index (Phi) is 5.91. The number of benzene rings is 2. The highest BCUT2D eigenvalue weighted by atomic mass is 19.1. The van der Waals surface area contributed by atoms with E-state index in [1.54, 1.807) is 0 Å². The van der Waals surface area contributed by atoms with Crippen molar-refractivity contribution in [1.29, 1.82) is 0 Å². The van der Waals surface area contributed by atoms with Gasteiger partial charge in [-0.3, -0.25) is 4.79 Å². The molecule has 2 rings (SSSR count). The summed E-state index contributed by atoms with van der Waals surface area (Å²) in [6, 6.07) is 12.7. The van der Waals surface area contributed by atoms with Crippen LogP contribution >= 0.6 is 0 Å². The number of amides is 1. The van der Waals surface area contributed by atoms with Crippen LogP contribution in [0.4, 0.5) is 14.5 Å². The van der Waals surface area contributed by atoms with Crippen molar-refractivity contribution in [2.75, 3.05) is 31.6 Å². The van der Waals surface area contributed by atoms with Crippen molar-refractivity contribution in [2.24, 2.45) is 0 Å². The number of nitrogens with zero attached hydrogens (tertiary/aromatic N) is 1. The summed E-state index contributed by atoms with van der Waals surface area (Å²) in [5.41, 5.74) is 1.05. The minimum Gasteiger partial charge on any atom is -0.481 e. The monoisotopic (exact) mass is 320 g/mol. The van der Waals surface area contributed by atoms with Crippen molar-refractivity contribution < 1.29 is 18.3 Å². The molecular weight excluding hydrogens is 302 g/mol. The minimum atomic E-state index is -0.832. The quantitative estimate of drug-likeness (QED) is 0.852. The van der Waals surface area contributed by atoms with Gasteiger partial charge in [-0.25, -0.2) is 8.78 Å². The van der Waals surface area contributed by atoms with Gasteiger partial charge in [-0.2, -0.15) is 0 Å². The van der Waals surface area contributed by atoms with Gasteiger partial charge in [0, 0.05) is 31.9 Å². The van der Waals surface area contributed by atoms with Crippen molar-refractivity contribution in [2.45, 2.75) is 0 Å². The number of nitrogens with one attached hydrogen (secondary N) is 1. The summed E-state index contributed by atoms with van der Waals surface area (Å²) < 4.78 is 31.1. The van der Waals surface area contributed by atoms with Crippen molar-refractivity contribution in [1.82, 2.24) is 5.32 Å². The highest BCUT2D eigenvalue weighted by Crippen LogP contribution is 2.17. The lowest BCUT2D eigenvalue weighted by atomic mass is 10.3. The fourth-order valence-electron chi connectivity index (χ4n) is 1.96. The van der Waals surface area contributed by atoms with Crippen LogP contribution in [-0.4, -0.2) is 32.7 Å². The van der Waals surface area contributed by atoms with Crippen LogP contribution in [0.25, 0.3) is 0 Å². The number of likely N-dealkylation sites (N-methyl/N-ethyl adjacent to an activating group) is 1. The zero-order valence-electron chi connectivity index (χ0n) is 12.8. The highest BCUT2D eigenvalue weighted by Gasteiger charge is 2.08. The van der Waals surface area contributed by atoms with E-state index in [0.717, 1.165) is 17.8 Å². The normalized spacial score (nSPS) is 10.2. The number of hydrogen-bond donors (Lipinski definition) is 1. The smallest absolute Gasteiger partial charge is 0.258 e. The second kappa shape index (κ2) is 8.12. The van der Waals surface area contributed by atoms with Gasteiger partial charge in [-0.15, -0.1) is 0 Å². The van der Waals surface area contributed by atoms with Crippen LogP contribution in [0.5, 0.6) is 5.75 Å². The molecule has 1 N–H and O–H groups in total. The topological polar surface area (TPSA) is 41.6 Å². The first-order valence-corrected chi connectivity index (χ1v) is 7.17. The minimum absolute atomic E-state index is 0.150. The van der Waals surface area contributed by atoms with Gasteiger partial charge in [-0.05, 0) is 24.3 Å². The third-order valence-electron chi connectivity index (χ3n) is 3.22. The summed E-state index contributed by atoms with van der Waals surface area (Å²) in [4.78, 5) is 13.7. The van der Waals surface area contributed by atoms with Crippen LogP contribution < -0.4 is 15.0 Å². The average molecular weight is 320 g/mol. The van der Waals surface area contributed by atoms with E-state index in [9.17, 15) is 13.6 Å². The molecule has 2 aromatic rings. The molecule has 0 aromatic heterocycles. The van der Waals surface area contributed by atoms with Crippen LogP contribution in [0.15, 0.2) is 48.5 Å². The first-order valence-electron chi connectivity index (χ1n) is 7.17. The Hall–Kier alpha value is -2.63. The molecule has 0 aliphatic heterocycles. The molecule has 0 saturated carbocycles. The highest BCUT2D eigenvalue weighted by molar-refractivity contribution is 5.77. The van der Waals surface area contributed by atoms with Gasteiger partial charge in [-0.1, -0.05) is 18.2 Å². The standard InChI is InChI=1S/C17H18F2N2O2/c1-21(14-5-3-2-4-6-14)10-9-20-17(22)12-23-16-8-7-13(18)11-15(16)19/h2-8,11H,9-10,12H2,1H3,(H,20,22). The van der Waals surface area contributed by atoms with Crippen molar-refractivity contribution in [3.8, 4) is 5.75 Å². The SMILES string of the molecule is CN(CCNC(=O)COc1ccc(F)cc1F)c1ccccc1. The summed E-state index contributed by atoms with van der Waals surface area (Å²) in [6.07, 6.45) is 0. The van der Waals surface area contributed by atoms with Crippen LogP contribution in [0.1, 0.15) is 0 Å². The number of hydrogen-bond acceptors (Lipinski definition) is 3. The largest absolute Gasteiger partial charge is 0.481 e. The number of carbonyl (C=O) groups is 1. The zero-order valence-corrected chi connectivity index (χ0v) is 12.8. The second-order valence-corrected chi connectivity index (χ2v) is 4.97. The molecular formula is C17H18F2N2O2. The lowest BCUT2D eigenvalue weighted by molar-refractivity contribution is -0.123. The Morgan fingerprint density at radius 2 is 1.91 bits per heavy atom. The average Bonchev–Trinajstić information content (AvgIpc) is 2.54. The van der Waals surface area contributed by atoms with E-state index in [1.807, 2.05) is 42.3 Å². The van der Waals surface area contributed by atoms with Gasteiger partial charge in [0.25, 0.3) is 5.91 Å². The van der Waals surface area contributed by atoms with Gasteiger partial charge in [0.15, 0.2) is 18.2 Å². The third kappa shape index (κ3) is 5.25. The molecule has 6 heteroatoms. The maximum atomic E-state index is 13.3. The molecule has 0 unspecified atom stereocenters. The lowest BCUT2D eigenvalue weighted by Crippen LogP contribution is -2.35. The fraction of sp³-hybridized carbons (Fsp3) is 0.235. The molecule has 4 nitrogen and oxygen atoms in total. The Labute approximate surface area is 133 Å². The third-order valence-corrected chi connectivity index (χ3v) is 3.22. The zero-order chi connectivity index (χ0) is 16.7. The molecule has 122 valence electrons. The Morgan fingerprint density at radius 1 is 1.17 bits per heavy atom. The number of para-hydroxylation sites is 1. The molecule has 2 aromatic carbocycles. The van der Waals surface area contributed by atoms with Crippen LogP contribution in [0.3, 0.4) is 0 Å². The summed E-state index contributed by atoms with van der Waals surface area (Å²) in [5, 5.41) is 2.68. The van der Waals surface area contributed by atoms with Crippen molar-refractivity contribution >= 4 is 11.6 Å². The van der Waals surface area contributed by atoms with E-state index in [2.05, 4.69) is 5.32 Å². The van der Waals surface area contributed by atoms with E-state index in [4.69, 9.17) is 4.74 Å². The van der Waals surface area contributed by atoms with E-state index in [-0.39, 0.29) is 18.3 Å². The van der Waals surface area contributed by atoms with Crippen molar-refractivity contribution in [3.63, 3.8) is 0 Å². The first-order chi connectivity index (χ1) is 11.1. The number of anilines is 1. The van der Waals surface area contributed by atoms with Gasteiger partial charge >= 0.3 is 0 Å². The van der Waals surface area contributed by atoms with Crippen LogP contribution in [-0.2, 0) is 4.79 Å². The molecule has 0 aliphatic rings. The predicted molar refractivity (Wildman–Crippen MR) is 84.6 cm³/mol. The number of halogens is 2. The van der Waals surface area contributed by atoms with E-state index < -0.39 is 11.6 Å². The lowest BCUT2D eigenvalue weighted by Gasteiger charge is -2.19. The molecule has 0 aliphatic carbocycles. The molecule has 0 spiro atoms. The maximum Gasteiger partial charge on any atom is 0.258 e. The summed E-state index contributed by atoms with van der Waals surface area (Å²) in [6.45, 7) is 0.734. The summed E-state index contributed by atoms with van der Waals surface area (Å²) in [5.74, 6) is -2.04. The second-order valence-electron chi connectivity index (χ2n) is 4.97. The van der Waals surface area contributed by atoms with Gasteiger partial charge in [0.05, 0.1) is 0 Å². The van der Waals surface area contributed by atoms with E-state index in [0.29, 0.717) is 19.2 Å². The molecule has 23 heavy (non-hydrogen) atoms. The van der Waals surface area contributed by atoms with E-state index in [1.165, 1.54) is 0 Å². The Morgan fingerprint density at radius 3 is 2.61 bits per heavy atom. The molecule has 0 atom stereocenters. The summed E-state index contributed by atoms with van der Waals surface area (Å²) >= 11 is 0. The number of carbonyl (C=O) groups excluding carboxylic acids is 1. The maximum absolute atomic E-state index is 13.3. The van der Waals surface area contributed by atoms with Crippen LogP contribution in [0.2, 0.25) is 0 Å². The molecule has 0 radical (unpaired) electrons. The van der Waals surface area contributed by atoms with Gasteiger partial charge < -0.3 is 15.0 Å². The molecule has 0 fully saturated rings. The Bertz CT molecular complexity index is 650. The van der Waals surface area contributed by atoms with Crippen LogP contribution in [0, 0.1) is 11.6 Å². The summed E-state index contributed by atoms with van der Waals surface area (Å²) in [7, 11) is 1.92. The van der Waals surface area contributed by atoms with Crippen molar-refractivity contribution in [3.05, 3.63) is 60.2 Å². The molecule has 0 saturated heterocycles. The fourth-order valence-corrected chi connectivity index (χ4v) is 1.96. The first kappa shape index (κ1) is 16.7. The van der Waals surface area contributed by atoms with Gasteiger partial charge in [0.1, 0.15) is 5.82 Å².